The quantitative estimate of drug-likeness (QED) is 0.800. The van der Waals surface area contributed by atoms with Crippen molar-refractivity contribution in [2.75, 3.05) is 39.5 Å². The molecular weight excluding hydrogens is 350 g/mol. The van der Waals surface area contributed by atoms with Gasteiger partial charge in [-0.3, -0.25) is 4.90 Å². The molecule has 1 aliphatic heterocycles. The molecule has 0 atom stereocenters. The number of morpholine rings is 1. The number of nitrogens with zero attached hydrogens (tertiary/aromatic N) is 2. The van der Waals surface area contributed by atoms with Crippen LogP contribution in [-0.2, 0) is 14.8 Å². The van der Waals surface area contributed by atoms with E-state index >= 15 is 0 Å². The van der Waals surface area contributed by atoms with Crippen molar-refractivity contribution in [1.82, 2.24) is 9.88 Å². The second-order valence-electron chi connectivity index (χ2n) is 4.31. The third kappa shape index (κ3) is 4.38. The normalized spacial score (nSPS) is 17.1. The van der Waals surface area contributed by atoms with Gasteiger partial charge in [0.25, 0.3) is 0 Å². The monoisotopic (exact) mass is 365 g/mol. The standard InChI is InChI=1S/C11H16BrN3O4S/c12-10-7-9(20(13,16)17)8-14-11(10)19-6-3-15-1-4-18-5-2-15/h7-8H,1-6H2,(H2,13,16,17). The largest absolute Gasteiger partial charge is 0.476 e. The minimum absolute atomic E-state index is 0.0510. The highest BCUT2D eigenvalue weighted by molar-refractivity contribution is 9.10. The molecule has 1 aromatic rings. The number of halogens is 1. The molecule has 0 radical (unpaired) electrons. The van der Waals surface area contributed by atoms with Gasteiger partial charge in [-0.15, -0.1) is 0 Å². The average Bonchev–Trinajstić information content (AvgIpc) is 2.40. The van der Waals surface area contributed by atoms with Gasteiger partial charge in [-0.25, -0.2) is 18.5 Å². The summed E-state index contributed by atoms with van der Waals surface area (Å²) in [5, 5.41) is 5.03. The van der Waals surface area contributed by atoms with Crippen molar-refractivity contribution in [3.05, 3.63) is 16.7 Å². The van der Waals surface area contributed by atoms with Gasteiger partial charge in [0.15, 0.2) is 0 Å². The Balaban J connectivity index is 1.90. The molecule has 2 heterocycles. The zero-order valence-electron chi connectivity index (χ0n) is 10.8. The summed E-state index contributed by atoms with van der Waals surface area (Å²) >= 11 is 3.22. The number of primary sulfonamides is 1. The Kier molecular flexibility index (Phi) is 5.33. The van der Waals surface area contributed by atoms with Crippen LogP contribution in [0.3, 0.4) is 0 Å². The van der Waals surface area contributed by atoms with Gasteiger partial charge in [-0.2, -0.15) is 0 Å². The van der Waals surface area contributed by atoms with Crippen molar-refractivity contribution in [3.8, 4) is 5.88 Å². The SMILES string of the molecule is NS(=O)(=O)c1cnc(OCCN2CCOCC2)c(Br)c1. The van der Waals surface area contributed by atoms with Crippen LogP contribution >= 0.6 is 15.9 Å². The predicted octanol–water partition coefficient (Wildman–Crippen LogP) is 0.202. The van der Waals surface area contributed by atoms with Gasteiger partial charge >= 0.3 is 0 Å². The first-order chi connectivity index (χ1) is 9.47. The number of rotatable bonds is 5. The summed E-state index contributed by atoms with van der Waals surface area (Å²) in [5.41, 5.74) is 0. The highest BCUT2D eigenvalue weighted by Gasteiger charge is 2.13. The molecule has 9 heteroatoms. The van der Waals surface area contributed by atoms with Crippen molar-refractivity contribution < 1.29 is 17.9 Å². The summed E-state index contributed by atoms with van der Waals surface area (Å²) in [6, 6.07) is 1.38. The third-order valence-electron chi connectivity index (χ3n) is 2.86. The van der Waals surface area contributed by atoms with E-state index in [9.17, 15) is 8.42 Å². The molecule has 0 spiro atoms. The minimum atomic E-state index is -3.75. The molecule has 20 heavy (non-hydrogen) atoms. The van der Waals surface area contributed by atoms with E-state index in [2.05, 4.69) is 25.8 Å². The lowest BCUT2D eigenvalue weighted by molar-refractivity contribution is 0.0319. The molecule has 0 unspecified atom stereocenters. The number of hydrogen-bond acceptors (Lipinski definition) is 6. The first-order valence-corrected chi connectivity index (χ1v) is 8.42. The van der Waals surface area contributed by atoms with Gasteiger partial charge in [0.05, 0.1) is 23.9 Å². The fraction of sp³-hybridized carbons (Fsp3) is 0.545. The van der Waals surface area contributed by atoms with Crippen LogP contribution in [0.5, 0.6) is 5.88 Å². The minimum Gasteiger partial charge on any atom is -0.476 e. The fourth-order valence-electron chi connectivity index (χ4n) is 1.77. The molecule has 0 amide bonds. The second-order valence-corrected chi connectivity index (χ2v) is 6.72. The van der Waals surface area contributed by atoms with Gasteiger partial charge in [-0.05, 0) is 22.0 Å². The summed E-state index contributed by atoms with van der Waals surface area (Å²) in [6.07, 6.45) is 1.18. The third-order valence-corrected chi connectivity index (χ3v) is 4.31. The number of aromatic nitrogens is 1. The van der Waals surface area contributed by atoms with Gasteiger partial charge in [0, 0.05) is 19.6 Å². The second kappa shape index (κ2) is 6.81. The molecular formula is C11H16BrN3O4S. The predicted molar refractivity (Wildman–Crippen MR) is 76.1 cm³/mol. The van der Waals surface area contributed by atoms with Crippen LogP contribution in [0.4, 0.5) is 0 Å². The lowest BCUT2D eigenvalue weighted by Crippen LogP contribution is -2.38. The molecule has 1 saturated heterocycles. The van der Waals surface area contributed by atoms with Gasteiger partial charge < -0.3 is 9.47 Å². The van der Waals surface area contributed by atoms with E-state index in [1.54, 1.807) is 0 Å². The molecule has 0 saturated carbocycles. The van der Waals surface area contributed by atoms with Crippen LogP contribution < -0.4 is 9.88 Å². The maximum absolute atomic E-state index is 11.2. The van der Waals surface area contributed by atoms with E-state index in [0.717, 1.165) is 32.8 Å². The number of pyridine rings is 1. The Morgan fingerprint density at radius 2 is 2.15 bits per heavy atom. The van der Waals surface area contributed by atoms with Crippen LogP contribution in [0.25, 0.3) is 0 Å². The number of sulfonamides is 1. The topological polar surface area (TPSA) is 94.8 Å². The lowest BCUT2D eigenvalue weighted by Gasteiger charge is -2.26. The maximum atomic E-state index is 11.2. The first kappa shape index (κ1) is 15.6. The summed E-state index contributed by atoms with van der Waals surface area (Å²) in [7, 11) is -3.75. The van der Waals surface area contributed by atoms with Crippen LogP contribution in [0, 0.1) is 0 Å². The molecule has 112 valence electrons. The molecule has 2 N–H and O–H groups in total. The molecule has 2 rings (SSSR count). The number of hydrogen-bond donors (Lipinski definition) is 1. The van der Waals surface area contributed by atoms with E-state index in [1.165, 1.54) is 12.3 Å². The first-order valence-electron chi connectivity index (χ1n) is 6.08. The Morgan fingerprint density at radius 3 is 2.75 bits per heavy atom. The summed E-state index contributed by atoms with van der Waals surface area (Å²) in [4.78, 5) is 6.14. The van der Waals surface area contributed by atoms with Crippen molar-refractivity contribution in [3.63, 3.8) is 0 Å². The van der Waals surface area contributed by atoms with Crippen LogP contribution in [0.2, 0.25) is 0 Å². The van der Waals surface area contributed by atoms with Gasteiger partial charge in [0.1, 0.15) is 11.5 Å². The Morgan fingerprint density at radius 1 is 1.45 bits per heavy atom. The average molecular weight is 366 g/mol. The molecule has 1 aromatic heterocycles. The van der Waals surface area contributed by atoms with Crippen molar-refractivity contribution in [1.29, 1.82) is 0 Å². The van der Waals surface area contributed by atoms with Crippen LogP contribution in [0.1, 0.15) is 0 Å². The van der Waals surface area contributed by atoms with Crippen molar-refractivity contribution in [2.45, 2.75) is 4.90 Å². The number of nitrogens with two attached hydrogens (primary N) is 1. The highest BCUT2D eigenvalue weighted by Crippen LogP contribution is 2.24. The van der Waals surface area contributed by atoms with E-state index in [1.807, 2.05) is 0 Å². The smallest absolute Gasteiger partial charge is 0.239 e. The molecule has 0 aromatic carbocycles. The van der Waals surface area contributed by atoms with Gasteiger partial charge in [-0.1, -0.05) is 0 Å². The van der Waals surface area contributed by atoms with E-state index < -0.39 is 10.0 Å². The Hall–Kier alpha value is -0.740. The van der Waals surface area contributed by atoms with E-state index in [4.69, 9.17) is 14.6 Å². The maximum Gasteiger partial charge on any atom is 0.239 e. The highest BCUT2D eigenvalue weighted by atomic mass is 79.9. The zero-order valence-corrected chi connectivity index (χ0v) is 13.2. The lowest BCUT2D eigenvalue weighted by atomic mass is 10.4. The van der Waals surface area contributed by atoms with Gasteiger partial charge in [0.2, 0.25) is 15.9 Å². The molecule has 7 nitrogen and oxygen atoms in total. The van der Waals surface area contributed by atoms with Crippen molar-refractivity contribution >= 4 is 26.0 Å². The molecule has 1 aliphatic rings. The van der Waals surface area contributed by atoms with E-state index in [-0.39, 0.29) is 4.90 Å². The molecule has 0 bridgehead atoms. The fourth-order valence-corrected chi connectivity index (χ4v) is 2.86. The summed E-state index contributed by atoms with van der Waals surface area (Å²) in [5.74, 6) is 0.352. The zero-order chi connectivity index (χ0) is 14.6. The Labute approximate surface area is 126 Å². The molecule has 1 fully saturated rings. The molecule has 0 aliphatic carbocycles. The van der Waals surface area contributed by atoms with Crippen LogP contribution in [-0.4, -0.2) is 57.8 Å². The van der Waals surface area contributed by atoms with Crippen molar-refractivity contribution in [2.24, 2.45) is 5.14 Å². The Bertz CT molecular complexity index is 561. The number of ether oxygens (including phenoxy) is 2. The van der Waals surface area contributed by atoms with E-state index in [0.29, 0.717) is 17.0 Å². The summed E-state index contributed by atoms with van der Waals surface area (Å²) in [6.45, 7) is 4.51. The summed E-state index contributed by atoms with van der Waals surface area (Å²) < 4.78 is 33.6. The van der Waals surface area contributed by atoms with Crippen LogP contribution in [0.15, 0.2) is 21.6 Å².